The predicted octanol–water partition coefficient (Wildman–Crippen LogP) is 2.83. The lowest BCUT2D eigenvalue weighted by Crippen LogP contribution is -2.44. The maximum Gasteiger partial charge on any atom is 0.191 e. The Labute approximate surface area is 168 Å². The Balaban J connectivity index is 0.00000225. The third-order valence-electron chi connectivity index (χ3n) is 5.18. The lowest BCUT2D eigenvalue weighted by molar-refractivity contribution is 0.0674. The molecule has 2 fully saturated rings. The van der Waals surface area contributed by atoms with E-state index in [0.29, 0.717) is 18.5 Å². The molecular weight excluding hydrogens is 427 g/mol. The summed E-state index contributed by atoms with van der Waals surface area (Å²) >= 11 is 0. The molecule has 0 aliphatic carbocycles. The van der Waals surface area contributed by atoms with Crippen molar-refractivity contribution in [2.75, 3.05) is 32.8 Å². The summed E-state index contributed by atoms with van der Waals surface area (Å²) in [7, 11) is 0. The first-order valence-electron chi connectivity index (χ1n) is 9.17. The van der Waals surface area contributed by atoms with Gasteiger partial charge in [-0.05, 0) is 37.4 Å². The molecule has 2 heterocycles. The van der Waals surface area contributed by atoms with Gasteiger partial charge in [-0.1, -0.05) is 30.7 Å². The second-order valence-corrected chi connectivity index (χ2v) is 6.86. The van der Waals surface area contributed by atoms with Crippen LogP contribution in [0.4, 0.5) is 0 Å². The molecule has 0 saturated carbocycles. The summed E-state index contributed by atoms with van der Waals surface area (Å²) in [4.78, 5) is 9.34. The summed E-state index contributed by atoms with van der Waals surface area (Å²) in [5.74, 6) is 0.638. The fraction of sp³-hybridized carbons (Fsp3) is 0.632. The van der Waals surface area contributed by atoms with E-state index in [4.69, 9.17) is 10.5 Å². The van der Waals surface area contributed by atoms with Crippen LogP contribution in [0, 0.1) is 0 Å². The van der Waals surface area contributed by atoms with Crippen molar-refractivity contribution < 1.29 is 4.74 Å². The maximum atomic E-state index is 6.16. The molecule has 25 heavy (non-hydrogen) atoms. The number of nitrogens with two attached hydrogens (primary N) is 1. The molecule has 0 spiro atoms. The smallest absolute Gasteiger partial charge is 0.191 e. The number of aliphatic imine (C=N–C) groups is 1. The van der Waals surface area contributed by atoms with Crippen LogP contribution in [0.25, 0.3) is 0 Å². The fourth-order valence-electron chi connectivity index (χ4n) is 3.54. The second-order valence-electron chi connectivity index (χ2n) is 6.86. The van der Waals surface area contributed by atoms with E-state index in [2.05, 4.69) is 46.0 Å². The van der Waals surface area contributed by atoms with Crippen molar-refractivity contribution in [2.24, 2.45) is 10.7 Å². The van der Waals surface area contributed by atoms with Gasteiger partial charge in [0.1, 0.15) is 0 Å². The molecule has 5 nitrogen and oxygen atoms in total. The minimum absolute atomic E-state index is 0. The van der Waals surface area contributed by atoms with Crippen LogP contribution < -0.4 is 5.73 Å². The van der Waals surface area contributed by atoms with Crippen LogP contribution in [-0.2, 0) is 17.8 Å². The normalized spacial score (nSPS) is 22.5. The van der Waals surface area contributed by atoms with E-state index in [1.807, 2.05) is 0 Å². The van der Waals surface area contributed by atoms with Gasteiger partial charge in [-0.25, -0.2) is 4.99 Å². The van der Waals surface area contributed by atoms with E-state index in [0.717, 1.165) is 32.8 Å². The first-order valence-corrected chi connectivity index (χ1v) is 9.17. The molecule has 6 heteroatoms. The maximum absolute atomic E-state index is 6.16. The summed E-state index contributed by atoms with van der Waals surface area (Å²) in [5.41, 5.74) is 8.83. The molecular formula is C19H31IN4O. The van der Waals surface area contributed by atoms with Gasteiger partial charge in [-0.15, -0.1) is 24.0 Å². The van der Waals surface area contributed by atoms with Gasteiger partial charge >= 0.3 is 0 Å². The van der Waals surface area contributed by atoms with Gasteiger partial charge in [-0.2, -0.15) is 0 Å². The van der Waals surface area contributed by atoms with E-state index in [1.165, 1.54) is 36.9 Å². The largest absolute Gasteiger partial charge is 0.378 e. The van der Waals surface area contributed by atoms with Crippen LogP contribution in [0.3, 0.4) is 0 Å². The molecule has 0 radical (unpaired) electrons. The molecule has 1 aromatic rings. The summed E-state index contributed by atoms with van der Waals surface area (Å²) in [6.45, 7) is 8.36. The summed E-state index contributed by atoms with van der Waals surface area (Å²) in [6.07, 6.45) is 3.98. The number of rotatable bonds is 4. The van der Waals surface area contributed by atoms with Crippen LogP contribution in [0.15, 0.2) is 29.3 Å². The van der Waals surface area contributed by atoms with Gasteiger partial charge in [-0.3, -0.25) is 4.90 Å². The lowest BCUT2D eigenvalue weighted by atomic mass is 10.0. The lowest BCUT2D eigenvalue weighted by Gasteiger charge is -2.33. The Kier molecular flexibility index (Phi) is 8.45. The number of nitrogens with zero attached hydrogens (tertiary/aromatic N) is 3. The first-order chi connectivity index (χ1) is 11.7. The van der Waals surface area contributed by atoms with E-state index < -0.39 is 0 Å². The Morgan fingerprint density at radius 1 is 1.16 bits per heavy atom. The van der Waals surface area contributed by atoms with Crippen molar-refractivity contribution in [3.05, 3.63) is 35.4 Å². The van der Waals surface area contributed by atoms with Crippen LogP contribution >= 0.6 is 24.0 Å². The van der Waals surface area contributed by atoms with Crippen molar-refractivity contribution in [2.45, 2.75) is 45.3 Å². The minimum Gasteiger partial charge on any atom is -0.378 e. The fourth-order valence-corrected chi connectivity index (χ4v) is 3.54. The Bertz CT molecular complexity index is 560. The SMILES string of the molecule is CC1CCCCN1Cc1ccccc1CN=C(N)N1CCOCC1.I. The highest BCUT2D eigenvalue weighted by Gasteiger charge is 2.19. The number of hydrogen-bond donors (Lipinski definition) is 1. The van der Waals surface area contributed by atoms with Gasteiger partial charge < -0.3 is 15.4 Å². The van der Waals surface area contributed by atoms with Crippen LogP contribution in [0.5, 0.6) is 0 Å². The number of halogens is 1. The van der Waals surface area contributed by atoms with E-state index in [1.54, 1.807) is 0 Å². The molecule has 0 amide bonds. The topological polar surface area (TPSA) is 54.1 Å². The molecule has 2 saturated heterocycles. The van der Waals surface area contributed by atoms with Crippen molar-refractivity contribution in [3.63, 3.8) is 0 Å². The highest BCUT2D eigenvalue weighted by molar-refractivity contribution is 14.0. The van der Waals surface area contributed by atoms with E-state index >= 15 is 0 Å². The average Bonchev–Trinajstić information content (AvgIpc) is 2.63. The van der Waals surface area contributed by atoms with Crippen molar-refractivity contribution >= 4 is 29.9 Å². The van der Waals surface area contributed by atoms with Crippen molar-refractivity contribution in [3.8, 4) is 0 Å². The molecule has 2 aliphatic heterocycles. The predicted molar refractivity (Wildman–Crippen MR) is 113 cm³/mol. The van der Waals surface area contributed by atoms with Gasteiger partial charge in [0.25, 0.3) is 0 Å². The molecule has 2 N–H and O–H groups in total. The summed E-state index contributed by atoms with van der Waals surface area (Å²) in [5, 5.41) is 0. The van der Waals surface area contributed by atoms with Crippen LogP contribution in [0.1, 0.15) is 37.3 Å². The van der Waals surface area contributed by atoms with Gasteiger partial charge in [0.2, 0.25) is 0 Å². The number of hydrogen-bond acceptors (Lipinski definition) is 3. The zero-order chi connectivity index (χ0) is 16.8. The molecule has 140 valence electrons. The third-order valence-corrected chi connectivity index (χ3v) is 5.18. The molecule has 0 aromatic heterocycles. The average molecular weight is 458 g/mol. The third kappa shape index (κ3) is 5.82. The molecule has 1 aromatic carbocycles. The van der Waals surface area contributed by atoms with Crippen LogP contribution in [0.2, 0.25) is 0 Å². The first kappa shape index (κ1) is 20.5. The number of benzene rings is 1. The van der Waals surface area contributed by atoms with Crippen LogP contribution in [-0.4, -0.2) is 54.6 Å². The standard InChI is InChI=1S/C19H30N4O.HI/c1-16-6-4-5-9-23(16)15-18-8-3-2-7-17(18)14-21-19(20)22-10-12-24-13-11-22;/h2-3,7-8,16H,4-6,9-15H2,1H3,(H2,20,21);1H. The molecule has 2 aliphatic rings. The second kappa shape index (κ2) is 10.3. The molecule has 1 atom stereocenters. The highest BCUT2D eigenvalue weighted by atomic mass is 127. The quantitative estimate of drug-likeness (QED) is 0.429. The number of piperidine rings is 1. The van der Waals surface area contributed by atoms with Gasteiger partial charge in [0.05, 0.1) is 19.8 Å². The van der Waals surface area contributed by atoms with E-state index in [-0.39, 0.29) is 24.0 Å². The van der Waals surface area contributed by atoms with Crippen molar-refractivity contribution in [1.82, 2.24) is 9.80 Å². The van der Waals surface area contributed by atoms with Gasteiger partial charge in [0, 0.05) is 25.7 Å². The zero-order valence-electron chi connectivity index (χ0n) is 15.2. The van der Waals surface area contributed by atoms with E-state index in [9.17, 15) is 0 Å². The number of morpholine rings is 1. The molecule has 0 bridgehead atoms. The number of likely N-dealkylation sites (tertiary alicyclic amines) is 1. The minimum atomic E-state index is 0. The zero-order valence-corrected chi connectivity index (χ0v) is 17.5. The number of guanidine groups is 1. The Hall–Kier alpha value is -0.860. The van der Waals surface area contributed by atoms with Gasteiger partial charge in [0.15, 0.2) is 5.96 Å². The Morgan fingerprint density at radius 2 is 1.88 bits per heavy atom. The summed E-state index contributed by atoms with van der Waals surface area (Å²) < 4.78 is 5.37. The highest BCUT2D eigenvalue weighted by Crippen LogP contribution is 2.21. The Morgan fingerprint density at radius 3 is 2.60 bits per heavy atom. The molecule has 3 rings (SSSR count). The number of ether oxygens (including phenoxy) is 1. The van der Waals surface area contributed by atoms with Crippen molar-refractivity contribution in [1.29, 1.82) is 0 Å². The summed E-state index contributed by atoms with van der Waals surface area (Å²) in [6, 6.07) is 9.31. The molecule has 1 unspecified atom stereocenters. The monoisotopic (exact) mass is 458 g/mol.